The number of nitrogens with one attached hydrogen (secondary N) is 1. The predicted molar refractivity (Wildman–Crippen MR) is 65.8 cm³/mol. The number of nitrogens with two attached hydrogens (primary N) is 1. The van der Waals surface area contributed by atoms with E-state index in [2.05, 4.69) is 15.3 Å². The third-order valence-electron chi connectivity index (χ3n) is 2.04. The number of carbonyl (C=O) groups excluding carboxylic acids is 1. The predicted octanol–water partition coefficient (Wildman–Crippen LogP) is 1.96. The molecule has 0 aliphatic carbocycles. The Bertz CT molecular complexity index is 544. The molecule has 0 unspecified atom stereocenters. The maximum absolute atomic E-state index is 11.9. The monoisotopic (exact) mass is 248 g/mol. The molecular weight excluding hydrogens is 240 g/mol. The number of halogens is 1. The molecule has 1 amide bonds. The number of nitrogen functional groups attached to an aromatic ring is 1. The van der Waals surface area contributed by atoms with Crippen molar-refractivity contribution in [3.05, 3.63) is 47.5 Å². The molecule has 0 radical (unpaired) electrons. The molecule has 0 aliphatic heterocycles. The number of anilines is 2. The van der Waals surface area contributed by atoms with Gasteiger partial charge in [0, 0.05) is 18.1 Å². The Balaban J connectivity index is 2.23. The van der Waals surface area contributed by atoms with E-state index in [1.807, 2.05) is 0 Å². The largest absolute Gasteiger partial charge is 0.397 e. The lowest BCUT2D eigenvalue weighted by atomic mass is 10.2. The van der Waals surface area contributed by atoms with Gasteiger partial charge in [-0.2, -0.15) is 0 Å². The van der Waals surface area contributed by atoms with Crippen molar-refractivity contribution < 1.29 is 4.79 Å². The zero-order chi connectivity index (χ0) is 12.3. The summed E-state index contributed by atoms with van der Waals surface area (Å²) in [6.07, 6.45) is 4.55. The van der Waals surface area contributed by atoms with Crippen LogP contribution in [0.1, 0.15) is 10.4 Å². The van der Waals surface area contributed by atoms with Gasteiger partial charge in [-0.1, -0.05) is 11.6 Å². The van der Waals surface area contributed by atoms with Gasteiger partial charge in [-0.25, -0.2) is 4.98 Å². The number of rotatable bonds is 2. The second-order valence-corrected chi connectivity index (χ2v) is 3.66. The van der Waals surface area contributed by atoms with E-state index >= 15 is 0 Å². The van der Waals surface area contributed by atoms with Gasteiger partial charge in [0.15, 0.2) is 0 Å². The smallest absolute Gasteiger partial charge is 0.258 e. The summed E-state index contributed by atoms with van der Waals surface area (Å²) in [6, 6.07) is 4.82. The van der Waals surface area contributed by atoms with Crippen molar-refractivity contribution in [1.82, 2.24) is 9.97 Å². The first-order chi connectivity index (χ1) is 8.16. The minimum absolute atomic E-state index is 0.116. The van der Waals surface area contributed by atoms with Gasteiger partial charge in [-0.15, -0.1) is 0 Å². The molecule has 0 saturated heterocycles. The Morgan fingerprint density at radius 1 is 1.35 bits per heavy atom. The molecule has 0 atom stereocenters. The van der Waals surface area contributed by atoms with Crippen molar-refractivity contribution in [2.24, 2.45) is 0 Å². The molecule has 86 valence electrons. The number of aromatic nitrogens is 2. The fourth-order valence-electron chi connectivity index (χ4n) is 1.26. The van der Waals surface area contributed by atoms with Gasteiger partial charge in [0.05, 0.1) is 17.4 Å². The highest BCUT2D eigenvalue weighted by atomic mass is 35.5. The molecule has 5 nitrogen and oxygen atoms in total. The highest BCUT2D eigenvalue weighted by Crippen LogP contribution is 2.17. The molecule has 6 heteroatoms. The SMILES string of the molecule is Nc1cnc(Cl)c(C(=O)Nc2ccncc2)c1. The summed E-state index contributed by atoms with van der Waals surface area (Å²) in [5.74, 6) is -0.360. The van der Waals surface area contributed by atoms with Crippen molar-refractivity contribution >= 4 is 28.9 Å². The molecule has 17 heavy (non-hydrogen) atoms. The second-order valence-electron chi connectivity index (χ2n) is 3.30. The lowest BCUT2D eigenvalue weighted by Gasteiger charge is -2.06. The molecule has 0 bridgehead atoms. The maximum Gasteiger partial charge on any atom is 0.258 e. The molecule has 0 aliphatic rings. The van der Waals surface area contributed by atoms with Gasteiger partial charge in [0.25, 0.3) is 5.91 Å². The van der Waals surface area contributed by atoms with Crippen LogP contribution in [0.5, 0.6) is 0 Å². The Morgan fingerprint density at radius 2 is 2.06 bits per heavy atom. The number of amides is 1. The number of carbonyl (C=O) groups is 1. The number of hydrogen-bond donors (Lipinski definition) is 2. The topological polar surface area (TPSA) is 80.9 Å². The average molecular weight is 249 g/mol. The van der Waals surface area contributed by atoms with Crippen LogP contribution in [0, 0.1) is 0 Å². The third-order valence-corrected chi connectivity index (χ3v) is 2.34. The zero-order valence-electron chi connectivity index (χ0n) is 8.72. The minimum atomic E-state index is -0.360. The van der Waals surface area contributed by atoms with Crippen LogP contribution in [-0.4, -0.2) is 15.9 Å². The Hall–Kier alpha value is -2.14. The summed E-state index contributed by atoms with van der Waals surface area (Å²) >= 11 is 5.82. The van der Waals surface area contributed by atoms with Crippen molar-refractivity contribution in [3.8, 4) is 0 Å². The molecule has 2 aromatic heterocycles. The van der Waals surface area contributed by atoms with Crippen LogP contribution in [0.2, 0.25) is 5.15 Å². The van der Waals surface area contributed by atoms with E-state index in [4.69, 9.17) is 17.3 Å². The van der Waals surface area contributed by atoms with Gasteiger partial charge >= 0.3 is 0 Å². The molecule has 2 rings (SSSR count). The van der Waals surface area contributed by atoms with Crippen LogP contribution < -0.4 is 11.1 Å². The molecule has 2 heterocycles. The Morgan fingerprint density at radius 3 is 2.76 bits per heavy atom. The highest BCUT2D eigenvalue weighted by Gasteiger charge is 2.11. The molecule has 2 aromatic rings. The van der Waals surface area contributed by atoms with E-state index in [1.54, 1.807) is 24.5 Å². The van der Waals surface area contributed by atoms with Gasteiger partial charge in [0.1, 0.15) is 5.15 Å². The fourth-order valence-corrected chi connectivity index (χ4v) is 1.45. The van der Waals surface area contributed by atoms with Crippen LogP contribution in [0.4, 0.5) is 11.4 Å². The summed E-state index contributed by atoms with van der Waals surface area (Å²) in [5, 5.41) is 2.78. The van der Waals surface area contributed by atoms with Gasteiger partial charge < -0.3 is 11.1 Å². The quantitative estimate of drug-likeness (QED) is 0.796. The number of hydrogen-bond acceptors (Lipinski definition) is 4. The Labute approximate surface area is 103 Å². The van der Waals surface area contributed by atoms with Crippen LogP contribution in [0.25, 0.3) is 0 Å². The number of nitrogens with zero attached hydrogens (tertiary/aromatic N) is 2. The molecule has 0 aromatic carbocycles. The van der Waals surface area contributed by atoms with E-state index < -0.39 is 0 Å². The molecule has 0 fully saturated rings. The lowest BCUT2D eigenvalue weighted by molar-refractivity contribution is 0.102. The second kappa shape index (κ2) is 4.80. The molecular formula is C11H9ClN4O. The summed E-state index contributed by atoms with van der Waals surface area (Å²) in [6.45, 7) is 0. The van der Waals surface area contributed by atoms with E-state index in [1.165, 1.54) is 12.3 Å². The van der Waals surface area contributed by atoms with E-state index in [0.29, 0.717) is 11.4 Å². The van der Waals surface area contributed by atoms with Crippen LogP contribution >= 0.6 is 11.6 Å². The lowest BCUT2D eigenvalue weighted by Crippen LogP contribution is -2.13. The van der Waals surface area contributed by atoms with Gasteiger partial charge in [-0.05, 0) is 18.2 Å². The van der Waals surface area contributed by atoms with Crippen molar-refractivity contribution in [2.45, 2.75) is 0 Å². The van der Waals surface area contributed by atoms with Crippen molar-refractivity contribution in [1.29, 1.82) is 0 Å². The van der Waals surface area contributed by atoms with E-state index in [-0.39, 0.29) is 16.6 Å². The summed E-state index contributed by atoms with van der Waals surface area (Å²) in [4.78, 5) is 19.5. The van der Waals surface area contributed by atoms with Crippen LogP contribution in [-0.2, 0) is 0 Å². The fraction of sp³-hybridized carbons (Fsp3) is 0. The van der Waals surface area contributed by atoms with Crippen molar-refractivity contribution in [3.63, 3.8) is 0 Å². The molecule has 3 N–H and O–H groups in total. The van der Waals surface area contributed by atoms with E-state index in [9.17, 15) is 4.79 Å². The van der Waals surface area contributed by atoms with Crippen LogP contribution in [0.15, 0.2) is 36.8 Å². The summed E-state index contributed by atoms with van der Waals surface area (Å²) < 4.78 is 0. The molecule has 0 spiro atoms. The third kappa shape index (κ3) is 2.70. The first-order valence-electron chi connectivity index (χ1n) is 4.79. The van der Waals surface area contributed by atoms with Crippen LogP contribution in [0.3, 0.4) is 0 Å². The average Bonchev–Trinajstić information content (AvgIpc) is 2.33. The standard InChI is InChI=1S/C11H9ClN4O/c12-10-9(5-7(13)6-15-10)11(17)16-8-1-3-14-4-2-8/h1-6H,13H2,(H,14,16,17). The Kier molecular flexibility index (Phi) is 3.20. The van der Waals surface area contributed by atoms with Gasteiger partial charge in [0.2, 0.25) is 0 Å². The zero-order valence-corrected chi connectivity index (χ0v) is 9.48. The summed E-state index contributed by atoms with van der Waals surface area (Å²) in [7, 11) is 0. The minimum Gasteiger partial charge on any atom is -0.397 e. The highest BCUT2D eigenvalue weighted by molar-refractivity contribution is 6.33. The van der Waals surface area contributed by atoms with E-state index in [0.717, 1.165) is 0 Å². The number of pyridine rings is 2. The summed E-state index contributed by atoms with van der Waals surface area (Å²) in [5.41, 5.74) is 6.80. The first kappa shape index (κ1) is 11.3. The molecule has 0 saturated carbocycles. The first-order valence-corrected chi connectivity index (χ1v) is 5.17. The van der Waals surface area contributed by atoms with Crippen molar-refractivity contribution in [2.75, 3.05) is 11.1 Å². The van der Waals surface area contributed by atoms with Gasteiger partial charge in [-0.3, -0.25) is 9.78 Å². The normalized spacial score (nSPS) is 9.94. The maximum atomic E-state index is 11.9.